The average molecular weight is 258 g/mol. The summed E-state index contributed by atoms with van der Waals surface area (Å²) in [5, 5.41) is 21.3. The molecule has 1 amide bonds. The molecular formula is C10H18N4O2S. The summed E-state index contributed by atoms with van der Waals surface area (Å²) >= 11 is 1.21. The molecule has 6 nitrogen and oxygen atoms in total. The number of nitrogens with zero attached hydrogens (tertiary/aromatic N) is 3. The van der Waals surface area contributed by atoms with E-state index in [4.69, 9.17) is 0 Å². The summed E-state index contributed by atoms with van der Waals surface area (Å²) in [6.07, 6.45) is 0. The minimum atomic E-state index is -0.917. The number of anilines is 1. The van der Waals surface area contributed by atoms with Crippen molar-refractivity contribution < 1.29 is 9.90 Å². The number of nitrogens with one attached hydrogen (secondary N) is 1. The number of carbonyl (C=O) groups excluding carboxylic acids is 1. The number of amides is 1. The van der Waals surface area contributed by atoms with E-state index < -0.39 is 5.60 Å². The second-order valence-corrected chi connectivity index (χ2v) is 5.39. The summed E-state index contributed by atoms with van der Waals surface area (Å²) in [4.78, 5) is 13.4. The van der Waals surface area contributed by atoms with Gasteiger partial charge in [0.1, 0.15) is 0 Å². The number of rotatable bonds is 5. The highest BCUT2D eigenvalue weighted by atomic mass is 32.1. The van der Waals surface area contributed by atoms with Gasteiger partial charge in [-0.1, -0.05) is 11.3 Å². The molecule has 0 atom stereocenters. The molecule has 0 saturated carbocycles. The molecule has 0 radical (unpaired) electrons. The summed E-state index contributed by atoms with van der Waals surface area (Å²) in [6.45, 7) is 6.25. The molecule has 0 aliphatic heterocycles. The van der Waals surface area contributed by atoms with E-state index in [0.29, 0.717) is 10.1 Å². The van der Waals surface area contributed by atoms with Crippen molar-refractivity contribution in [2.75, 3.05) is 25.5 Å². The van der Waals surface area contributed by atoms with Gasteiger partial charge in [0.2, 0.25) is 10.1 Å². The van der Waals surface area contributed by atoms with E-state index in [1.807, 2.05) is 6.92 Å². The molecule has 0 spiro atoms. The number of aromatic nitrogens is 2. The Labute approximate surface area is 105 Å². The molecule has 0 bridgehead atoms. The van der Waals surface area contributed by atoms with Crippen LogP contribution in [0.3, 0.4) is 0 Å². The van der Waals surface area contributed by atoms with Crippen molar-refractivity contribution in [1.29, 1.82) is 0 Å². The smallest absolute Gasteiger partial charge is 0.284 e. The standard InChI is InChI=1S/C10H18N4O2S/c1-5-11-9-13-12-7(17-9)8(15)14(4)6-10(2,3)16/h16H,5-6H2,1-4H3,(H,11,13). The maximum absolute atomic E-state index is 11.9. The van der Waals surface area contributed by atoms with Crippen LogP contribution in [0.1, 0.15) is 30.6 Å². The third-order valence-electron chi connectivity index (χ3n) is 1.91. The van der Waals surface area contributed by atoms with E-state index in [9.17, 15) is 9.90 Å². The van der Waals surface area contributed by atoms with Crippen molar-refractivity contribution in [2.24, 2.45) is 0 Å². The second-order valence-electron chi connectivity index (χ2n) is 4.42. The van der Waals surface area contributed by atoms with E-state index in [0.717, 1.165) is 6.54 Å². The van der Waals surface area contributed by atoms with Crippen molar-refractivity contribution in [3.63, 3.8) is 0 Å². The lowest BCUT2D eigenvalue weighted by molar-refractivity contribution is 0.0367. The van der Waals surface area contributed by atoms with E-state index in [-0.39, 0.29) is 12.5 Å². The van der Waals surface area contributed by atoms with E-state index in [1.165, 1.54) is 16.2 Å². The summed E-state index contributed by atoms with van der Waals surface area (Å²) in [7, 11) is 1.63. The highest BCUT2D eigenvalue weighted by Crippen LogP contribution is 2.17. The Kier molecular flexibility index (Phi) is 4.41. The zero-order valence-corrected chi connectivity index (χ0v) is 11.3. The number of hydrogen-bond donors (Lipinski definition) is 2. The Morgan fingerprint density at radius 3 is 2.71 bits per heavy atom. The minimum absolute atomic E-state index is 0.228. The first-order valence-electron chi connectivity index (χ1n) is 5.38. The Balaban J connectivity index is 2.68. The Morgan fingerprint density at radius 2 is 2.18 bits per heavy atom. The highest BCUT2D eigenvalue weighted by Gasteiger charge is 2.22. The van der Waals surface area contributed by atoms with Gasteiger partial charge < -0.3 is 15.3 Å². The van der Waals surface area contributed by atoms with Crippen LogP contribution < -0.4 is 5.32 Å². The molecule has 1 aromatic rings. The first-order valence-corrected chi connectivity index (χ1v) is 6.20. The normalized spacial score (nSPS) is 11.4. The third-order valence-corrected chi connectivity index (χ3v) is 2.78. The first-order chi connectivity index (χ1) is 7.83. The average Bonchev–Trinajstić information content (AvgIpc) is 2.63. The summed E-state index contributed by atoms with van der Waals surface area (Å²) in [5.74, 6) is -0.228. The van der Waals surface area contributed by atoms with Crippen LogP contribution in [0, 0.1) is 0 Å². The Morgan fingerprint density at radius 1 is 1.53 bits per heavy atom. The van der Waals surface area contributed by atoms with E-state index in [1.54, 1.807) is 20.9 Å². The number of aliphatic hydroxyl groups is 1. The SMILES string of the molecule is CCNc1nnc(C(=O)N(C)CC(C)(C)O)s1. The molecule has 0 fully saturated rings. The van der Waals surface area contributed by atoms with E-state index in [2.05, 4.69) is 15.5 Å². The third kappa shape index (κ3) is 4.27. The van der Waals surface area contributed by atoms with Gasteiger partial charge in [0, 0.05) is 20.1 Å². The topological polar surface area (TPSA) is 78.4 Å². The maximum Gasteiger partial charge on any atom is 0.284 e. The fourth-order valence-corrected chi connectivity index (χ4v) is 2.15. The molecule has 1 aromatic heterocycles. The molecule has 17 heavy (non-hydrogen) atoms. The molecule has 1 heterocycles. The fourth-order valence-electron chi connectivity index (χ4n) is 1.35. The molecular weight excluding hydrogens is 240 g/mol. The molecule has 96 valence electrons. The van der Waals surface area contributed by atoms with Crippen molar-refractivity contribution in [2.45, 2.75) is 26.4 Å². The molecule has 0 aromatic carbocycles. The molecule has 1 rings (SSSR count). The van der Waals surface area contributed by atoms with Gasteiger partial charge in [0.25, 0.3) is 5.91 Å². The Bertz CT molecular complexity index is 386. The maximum atomic E-state index is 11.9. The monoisotopic (exact) mass is 258 g/mol. The van der Waals surface area contributed by atoms with Crippen LogP contribution in [0.25, 0.3) is 0 Å². The van der Waals surface area contributed by atoms with Gasteiger partial charge in [-0.05, 0) is 20.8 Å². The molecule has 2 N–H and O–H groups in total. The molecule has 0 unspecified atom stereocenters. The molecule has 0 aliphatic carbocycles. The number of likely N-dealkylation sites (N-methyl/N-ethyl adjacent to an activating group) is 1. The Hall–Kier alpha value is -1.21. The van der Waals surface area contributed by atoms with Gasteiger partial charge in [-0.15, -0.1) is 10.2 Å². The predicted octanol–water partition coefficient (Wildman–Crippen LogP) is 0.813. The zero-order chi connectivity index (χ0) is 13.1. The van der Waals surface area contributed by atoms with Gasteiger partial charge in [0.05, 0.1) is 5.60 Å². The van der Waals surface area contributed by atoms with Crippen LogP contribution in [0.4, 0.5) is 5.13 Å². The van der Waals surface area contributed by atoms with Crippen LogP contribution >= 0.6 is 11.3 Å². The predicted molar refractivity (Wildman–Crippen MR) is 67.3 cm³/mol. The van der Waals surface area contributed by atoms with Crippen molar-refractivity contribution in [1.82, 2.24) is 15.1 Å². The highest BCUT2D eigenvalue weighted by molar-refractivity contribution is 7.17. The lowest BCUT2D eigenvalue weighted by Crippen LogP contribution is -2.39. The van der Waals surface area contributed by atoms with Crippen LogP contribution in [0.5, 0.6) is 0 Å². The van der Waals surface area contributed by atoms with Gasteiger partial charge in [-0.25, -0.2) is 0 Å². The van der Waals surface area contributed by atoms with Crippen LogP contribution in [0.15, 0.2) is 0 Å². The van der Waals surface area contributed by atoms with Crippen LogP contribution in [-0.2, 0) is 0 Å². The lowest BCUT2D eigenvalue weighted by Gasteiger charge is -2.24. The van der Waals surface area contributed by atoms with Crippen molar-refractivity contribution in [3.05, 3.63) is 5.01 Å². The number of carbonyl (C=O) groups is 1. The summed E-state index contributed by atoms with van der Waals surface area (Å²) in [6, 6.07) is 0. The fraction of sp³-hybridized carbons (Fsp3) is 0.700. The van der Waals surface area contributed by atoms with E-state index >= 15 is 0 Å². The van der Waals surface area contributed by atoms with Crippen LogP contribution in [0.2, 0.25) is 0 Å². The van der Waals surface area contributed by atoms with Crippen molar-refractivity contribution in [3.8, 4) is 0 Å². The van der Waals surface area contributed by atoms with Crippen LogP contribution in [-0.4, -0.2) is 51.8 Å². The summed E-state index contributed by atoms with van der Waals surface area (Å²) < 4.78 is 0. The first kappa shape index (κ1) is 13.9. The molecule has 7 heteroatoms. The molecule has 0 saturated heterocycles. The van der Waals surface area contributed by atoms with Gasteiger partial charge >= 0.3 is 0 Å². The minimum Gasteiger partial charge on any atom is -0.389 e. The summed E-state index contributed by atoms with van der Waals surface area (Å²) in [5.41, 5.74) is -0.917. The van der Waals surface area contributed by atoms with Gasteiger partial charge in [-0.3, -0.25) is 4.79 Å². The quantitative estimate of drug-likeness (QED) is 0.817. The van der Waals surface area contributed by atoms with Crippen molar-refractivity contribution >= 4 is 22.4 Å². The molecule has 0 aliphatic rings. The van der Waals surface area contributed by atoms with Gasteiger partial charge in [-0.2, -0.15) is 0 Å². The number of hydrogen-bond acceptors (Lipinski definition) is 6. The zero-order valence-electron chi connectivity index (χ0n) is 10.5. The largest absolute Gasteiger partial charge is 0.389 e. The van der Waals surface area contributed by atoms with Gasteiger partial charge in [0.15, 0.2) is 0 Å². The second kappa shape index (κ2) is 5.42. The lowest BCUT2D eigenvalue weighted by atomic mass is 10.1.